The predicted molar refractivity (Wildman–Crippen MR) is 127 cm³/mol. The Bertz CT molecular complexity index is 1040. The minimum absolute atomic E-state index is 0.0162. The molecular formula is C25H32N4O3. The van der Waals surface area contributed by atoms with Crippen LogP contribution in [-0.2, 0) is 6.54 Å². The monoisotopic (exact) mass is 436 g/mol. The van der Waals surface area contributed by atoms with Gasteiger partial charge in [0.2, 0.25) is 0 Å². The molecule has 170 valence electrons. The van der Waals surface area contributed by atoms with Gasteiger partial charge in [0.15, 0.2) is 11.5 Å². The third kappa shape index (κ3) is 5.48. The molecular weight excluding hydrogens is 404 g/mol. The van der Waals surface area contributed by atoms with E-state index in [0.717, 1.165) is 11.1 Å². The van der Waals surface area contributed by atoms with Gasteiger partial charge < -0.3 is 20.5 Å². The summed E-state index contributed by atoms with van der Waals surface area (Å²) in [5.74, 6) is 1.25. The van der Waals surface area contributed by atoms with Crippen LogP contribution in [-0.4, -0.2) is 40.8 Å². The van der Waals surface area contributed by atoms with E-state index in [-0.39, 0.29) is 12.5 Å². The Labute approximate surface area is 189 Å². The molecule has 0 radical (unpaired) electrons. The maximum absolute atomic E-state index is 13.0. The van der Waals surface area contributed by atoms with E-state index < -0.39 is 0 Å². The van der Waals surface area contributed by atoms with Crippen molar-refractivity contribution in [1.29, 1.82) is 0 Å². The second-order valence-corrected chi connectivity index (χ2v) is 8.01. The molecule has 32 heavy (non-hydrogen) atoms. The third-order valence-corrected chi connectivity index (χ3v) is 5.35. The number of amides is 1. The van der Waals surface area contributed by atoms with E-state index >= 15 is 0 Å². The van der Waals surface area contributed by atoms with Crippen LogP contribution < -0.4 is 15.4 Å². The van der Waals surface area contributed by atoms with E-state index in [0.29, 0.717) is 48.7 Å². The number of aryl methyl sites for hydroxylation is 1. The number of ether oxygens (including phenoxy) is 1. The van der Waals surface area contributed by atoms with Gasteiger partial charge in [0.25, 0.3) is 5.91 Å². The number of aromatic nitrogens is 2. The van der Waals surface area contributed by atoms with Crippen molar-refractivity contribution in [3.63, 3.8) is 0 Å². The summed E-state index contributed by atoms with van der Waals surface area (Å²) in [6.45, 7) is 7.15. The molecule has 7 nitrogen and oxygen atoms in total. The van der Waals surface area contributed by atoms with E-state index in [4.69, 9.17) is 9.84 Å². The van der Waals surface area contributed by atoms with Crippen molar-refractivity contribution in [3.8, 4) is 11.8 Å². The van der Waals surface area contributed by atoms with Crippen LogP contribution in [0.5, 0.6) is 11.8 Å². The first kappa shape index (κ1) is 23.3. The van der Waals surface area contributed by atoms with E-state index in [9.17, 15) is 4.79 Å². The second kappa shape index (κ2) is 10.8. The number of hydrogen-bond donors (Lipinski definition) is 3. The molecule has 3 rings (SSSR count). The highest BCUT2D eigenvalue weighted by Gasteiger charge is 2.24. The number of aliphatic hydroxyl groups excluding tert-OH is 1. The van der Waals surface area contributed by atoms with Crippen LogP contribution in [0.1, 0.15) is 53.4 Å². The molecule has 0 fully saturated rings. The molecule has 3 N–H and O–H groups in total. The first-order valence-electron chi connectivity index (χ1n) is 10.9. The third-order valence-electron chi connectivity index (χ3n) is 5.35. The van der Waals surface area contributed by atoms with E-state index in [2.05, 4.69) is 29.5 Å². The smallest absolute Gasteiger partial charge is 0.304 e. The van der Waals surface area contributed by atoms with Gasteiger partial charge in [0, 0.05) is 20.2 Å². The van der Waals surface area contributed by atoms with Crippen LogP contribution >= 0.6 is 0 Å². The number of imidazole rings is 1. The number of nitrogens with zero attached hydrogens (tertiary/aromatic N) is 2. The fourth-order valence-electron chi connectivity index (χ4n) is 3.41. The topological polar surface area (TPSA) is 88.4 Å². The molecule has 0 atom stereocenters. The van der Waals surface area contributed by atoms with Crippen LogP contribution in [0.3, 0.4) is 0 Å². The molecule has 0 spiro atoms. The molecule has 1 amide bonds. The SMILES string of the molecule is CNc1nc(Oc2ccc(C(C)C)cc2)n(Cc2ccccc2C)c1C(=O)NCCCO. The van der Waals surface area contributed by atoms with Crippen molar-refractivity contribution in [3.05, 3.63) is 70.9 Å². The van der Waals surface area contributed by atoms with Crippen LogP contribution in [0.25, 0.3) is 0 Å². The van der Waals surface area contributed by atoms with Crippen LogP contribution in [0.2, 0.25) is 0 Å². The summed E-state index contributed by atoms with van der Waals surface area (Å²) in [7, 11) is 1.73. The summed E-state index contributed by atoms with van der Waals surface area (Å²) in [5, 5.41) is 14.9. The summed E-state index contributed by atoms with van der Waals surface area (Å²) in [6.07, 6.45) is 0.484. The highest BCUT2D eigenvalue weighted by atomic mass is 16.5. The van der Waals surface area contributed by atoms with E-state index in [1.807, 2.05) is 55.5 Å². The molecule has 0 aliphatic carbocycles. The lowest BCUT2D eigenvalue weighted by atomic mass is 10.0. The molecule has 1 heterocycles. The van der Waals surface area contributed by atoms with E-state index in [1.165, 1.54) is 5.56 Å². The molecule has 0 saturated heterocycles. The van der Waals surface area contributed by atoms with Gasteiger partial charge in [0.05, 0.1) is 6.54 Å². The molecule has 0 bridgehead atoms. The van der Waals surface area contributed by atoms with Gasteiger partial charge in [0.1, 0.15) is 5.75 Å². The lowest BCUT2D eigenvalue weighted by Gasteiger charge is -2.14. The van der Waals surface area contributed by atoms with Crippen molar-refractivity contribution in [1.82, 2.24) is 14.9 Å². The Kier molecular flexibility index (Phi) is 7.89. The van der Waals surface area contributed by atoms with Crippen LogP contribution in [0.15, 0.2) is 48.5 Å². The normalized spacial score (nSPS) is 10.9. The van der Waals surface area contributed by atoms with Crippen LogP contribution in [0.4, 0.5) is 5.82 Å². The first-order valence-corrected chi connectivity index (χ1v) is 10.9. The lowest BCUT2D eigenvalue weighted by Crippen LogP contribution is -2.28. The highest BCUT2D eigenvalue weighted by molar-refractivity contribution is 5.97. The molecule has 0 saturated carbocycles. The minimum Gasteiger partial charge on any atom is -0.425 e. The highest BCUT2D eigenvalue weighted by Crippen LogP contribution is 2.29. The number of anilines is 1. The number of hydrogen-bond acceptors (Lipinski definition) is 5. The summed E-state index contributed by atoms with van der Waals surface area (Å²) in [6, 6.07) is 16.3. The molecule has 2 aromatic carbocycles. The van der Waals surface area contributed by atoms with Gasteiger partial charge in [-0.1, -0.05) is 50.2 Å². The fraction of sp³-hybridized carbons (Fsp3) is 0.360. The average molecular weight is 437 g/mol. The second-order valence-electron chi connectivity index (χ2n) is 8.01. The van der Waals surface area contributed by atoms with Gasteiger partial charge in [-0.3, -0.25) is 9.36 Å². The van der Waals surface area contributed by atoms with Crippen molar-refractivity contribution < 1.29 is 14.6 Å². The number of carbonyl (C=O) groups excluding carboxylic acids is 1. The zero-order valence-corrected chi connectivity index (χ0v) is 19.2. The zero-order valence-electron chi connectivity index (χ0n) is 19.2. The van der Waals surface area contributed by atoms with Crippen molar-refractivity contribution in [2.45, 2.75) is 39.7 Å². The molecule has 7 heteroatoms. The number of rotatable bonds is 10. The molecule has 1 aromatic heterocycles. The number of benzene rings is 2. The lowest BCUT2D eigenvalue weighted by molar-refractivity contribution is 0.0942. The number of nitrogens with one attached hydrogen (secondary N) is 2. The Morgan fingerprint density at radius 1 is 1.16 bits per heavy atom. The van der Waals surface area contributed by atoms with Gasteiger partial charge in [-0.2, -0.15) is 4.98 Å². The van der Waals surface area contributed by atoms with Gasteiger partial charge >= 0.3 is 6.01 Å². The largest absolute Gasteiger partial charge is 0.425 e. The van der Waals surface area contributed by atoms with E-state index in [1.54, 1.807) is 11.6 Å². The van der Waals surface area contributed by atoms with Gasteiger partial charge in [-0.15, -0.1) is 0 Å². The van der Waals surface area contributed by atoms with Crippen molar-refractivity contribution >= 4 is 11.7 Å². The molecule has 0 aliphatic rings. The summed E-state index contributed by atoms with van der Waals surface area (Å²) >= 11 is 0. The summed E-state index contributed by atoms with van der Waals surface area (Å²) in [4.78, 5) is 17.6. The standard InChI is InChI=1S/C25H32N4O3/c1-17(2)19-10-12-21(13-11-19)32-25-28-23(26-4)22(24(31)27-14-7-15-30)29(25)16-20-9-6-5-8-18(20)3/h5-6,8-13,17,26,30H,7,14-16H2,1-4H3,(H,27,31). The Hall–Kier alpha value is -3.32. The van der Waals surface area contributed by atoms with Gasteiger partial charge in [-0.25, -0.2) is 0 Å². The molecule has 0 aliphatic heterocycles. The quantitative estimate of drug-likeness (QED) is 0.412. The van der Waals surface area contributed by atoms with Crippen LogP contribution in [0, 0.1) is 6.92 Å². The maximum Gasteiger partial charge on any atom is 0.304 e. The Morgan fingerprint density at radius 3 is 2.50 bits per heavy atom. The fourth-order valence-corrected chi connectivity index (χ4v) is 3.41. The maximum atomic E-state index is 13.0. The van der Waals surface area contributed by atoms with Gasteiger partial charge in [-0.05, 0) is 48.1 Å². The minimum atomic E-state index is -0.270. The zero-order chi connectivity index (χ0) is 23.1. The molecule has 0 unspecified atom stereocenters. The Morgan fingerprint density at radius 2 is 1.88 bits per heavy atom. The number of carbonyl (C=O) groups is 1. The number of aliphatic hydroxyl groups is 1. The summed E-state index contributed by atoms with van der Waals surface area (Å²) < 4.78 is 7.94. The average Bonchev–Trinajstić information content (AvgIpc) is 3.12. The summed E-state index contributed by atoms with van der Waals surface area (Å²) in [5.41, 5.74) is 3.80. The first-order chi connectivity index (χ1) is 15.4. The van der Waals surface area contributed by atoms with Crippen molar-refractivity contribution in [2.75, 3.05) is 25.5 Å². The van der Waals surface area contributed by atoms with Crippen molar-refractivity contribution in [2.24, 2.45) is 0 Å². The predicted octanol–water partition coefficient (Wildman–Crippen LogP) is 4.31. The molecule has 3 aromatic rings. The Balaban J connectivity index is 2.00.